The normalized spacial score (nSPS) is 24.7. The minimum atomic E-state index is 0.406. The van der Waals surface area contributed by atoms with Crippen LogP contribution in [0.1, 0.15) is 11.9 Å². The van der Waals surface area contributed by atoms with Crippen molar-refractivity contribution >= 4 is 40.3 Å². The molecule has 2 heterocycles. The van der Waals surface area contributed by atoms with Gasteiger partial charge in [-0.3, -0.25) is 4.99 Å². The molecule has 14 heavy (non-hydrogen) atoms. The van der Waals surface area contributed by atoms with Gasteiger partial charge in [0.1, 0.15) is 6.04 Å². The SMILES string of the molecule is CC1=N[C]2C=c3sc(C)nc3=CC2S1. The largest absolute Gasteiger partial charge is 0.268 e. The second kappa shape index (κ2) is 2.94. The van der Waals surface area contributed by atoms with Gasteiger partial charge < -0.3 is 0 Å². The molecule has 0 amide bonds. The molecule has 1 aliphatic heterocycles. The van der Waals surface area contributed by atoms with Gasteiger partial charge >= 0.3 is 0 Å². The van der Waals surface area contributed by atoms with E-state index >= 15 is 0 Å². The Bertz CT molecular complexity index is 527. The number of rotatable bonds is 0. The first kappa shape index (κ1) is 8.68. The fourth-order valence-electron chi connectivity index (χ4n) is 1.71. The van der Waals surface area contributed by atoms with Crippen molar-refractivity contribution in [2.75, 3.05) is 0 Å². The van der Waals surface area contributed by atoms with E-state index in [2.05, 4.69) is 29.1 Å². The van der Waals surface area contributed by atoms with Gasteiger partial charge in [-0.25, -0.2) is 4.98 Å². The van der Waals surface area contributed by atoms with Crippen molar-refractivity contribution in [2.24, 2.45) is 4.99 Å². The van der Waals surface area contributed by atoms with E-state index in [9.17, 15) is 0 Å². The van der Waals surface area contributed by atoms with Crippen LogP contribution in [0.25, 0.3) is 12.2 Å². The van der Waals surface area contributed by atoms with Crippen molar-refractivity contribution in [2.45, 2.75) is 19.1 Å². The zero-order valence-corrected chi connectivity index (χ0v) is 9.58. The number of aryl methyl sites for hydroxylation is 1. The van der Waals surface area contributed by atoms with Crippen molar-refractivity contribution in [3.05, 3.63) is 20.9 Å². The Kier molecular flexibility index (Phi) is 1.82. The van der Waals surface area contributed by atoms with Gasteiger partial charge in [-0.05, 0) is 26.0 Å². The molecule has 1 aliphatic carbocycles. The van der Waals surface area contributed by atoms with Crippen LogP contribution >= 0.6 is 23.1 Å². The Labute approximate surface area is 90.5 Å². The Morgan fingerprint density at radius 3 is 3.07 bits per heavy atom. The standard InChI is InChI=1S/C10H9N2S2/c1-5-11-7-3-10-8(4-9(7)13-5)12-6(2)14-10/h3-4,9H,1-2H3. The van der Waals surface area contributed by atoms with Gasteiger partial charge in [0.2, 0.25) is 0 Å². The third-order valence-electron chi connectivity index (χ3n) is 2.25. The molecule has 1 unspecified atom stereocenters. The molecule has 1 atom stereocenters. The average molecular weight is 221 g/mol. The summed E-state index contributed by atoms with van der Waals surface area (Å²) in [5.41, 5.74) is 0. The third-order valence-corrected chi connectivity index (χ3v) is 4.25. The maximum absolute atomic E-state index is 4.51. The molecule has 2 nitrogen and oxygen atoms in total. The minimum Gasteiger partial charge on any atom is -0.268 e. The number of nitrogens with zero attached hydrogens (tertiary/aromatic N) is 2. The number of thioether (sulfide) groups is 1. The molecule has 4 heteroatoms. The molecular weight excluding hydrogens is 212 g/mol. The molecule has 1 radical (unpaired) electrons. The molecule has 3 rings (SSSR count). The maximum Gasteiger partial charge on any atom is 0.127 e. The van der Waals surface area contributed by atoms with Crippen molar-refractivity contribution in [3.8, 4) is 0 Å². The molecule has 0 bridgehead atoms. The van der Waals surface area contributed by atoms with E-state index in [0.717, 1.165) is 15.4 Å². The summed E-state index contributed by atoms with van der Waals surface area (Å²) in [5, 5.41) is 3.83. The van der Waals surface area contributed by atoms with Gasteiger partial charge in [0.05, 0.1) is 25.2 Å². The predicted molar refractivity (Wildman–Crippen MR) is 62.8 cm³/mol. The van der Waals surface area contributed by atoms with Gasteiger partial charge in [-0.2, -0.15) is 0 Å². The Balaban J connectivity index is 2.20. The highest BCUT2D eigenvalue weighted by atomic mass is 32.2. The second-order valence-electron chi connectivity index (χ2n) is 3.39. The monoisotopic (exact) mass is 221 g/mol. The number of hydrogen-bond acceptors (Lipinski definition) is 4. The summed E-state index contributed by atoms with van der Waals surface area (Å²) in [6, 6.07) is 1.18. The first-order chi connectivity index (χ1) is 6.72. The summed E-state index contributed by atoms with van der Waals surface area (Å²) >= 11 is 3.56. The number of thiazole rings is 1. The summed E-state index contributed by atoms with van der Waals surface area (Å²) in [7, 11) is 0. The fourth-order valence-corrected chi connectivity index (χ4v) is 3.53. The van der Waals surface area contributed by atoms with Crippen LogP contribution in [0.5, 0.6) is 0 Å². The highest BCUT2D eigenvalue weighted by molar-refractivity contribution is 8.15. The zero-order chi connectivity index (χ0) is 9.71. The maximum atomic E-state index is 4.51. The first-order valence-electron chi connectivity index (χ1n) is 4.48. The molecular formula is C10H9N2S2. The summed E-state index contributed by atoms with van der Waals surface area (Å²) in [6.45, 7) is 4.11. The molecule has 2 aliphatic rings. The Morgan fingerprint density at radius 1 is 1.36 bits per heavy atom. The topological polar surface area (TPSA) is 25.2 Å². The lowest BCUT2D eigenvalue weighted by Gasteiger charge is -2.09. The van der Waals surface area contributed by atoms with E-state index in [0.29, 0.717) is 5.25 Å². The van der Waals surface area contributed by atoms with Gasteiger partial charge in [-0.15, -0.1) is 23.1 Å². The molecule has 71 valence electrons. The van der Waals surface area contributed by atoms with Crippen LogP contribution in [0.2, 0.25) is 0 Å². The minimum absolute atomic E-state index is 0.406. The van der Waals surface area contributed by atoms with E-state index < -0.39 is 0 Å². The lowest BCUT2D eigenvalue weighted by atomic mass is 10.1. The molecule has 0 saturated carbocycles. The Hall–Kier alpha value is -0.610. The van der Waals surface area contributed by atoms with Crippen LogP contribution in [0.4, 0.5) is 0 Å². The van der Waals surface area contributed by atoms with Crippen LogP contribution in [0.3, 0.4) is 0 Å². The summed E-state index contributed by atoms with van der Waals surface area (Å²) in [6.07, 6.45) is 4.40. The molecule has 0 aromatic carbocycles. The lowest BCUT2D eigenvalue weighted by Crippen LogP contribution is -2.29. The van der Waals surface area contributed by atoms with Gasteiger partial charge in [0.25, 0.3) is 0 Å². The van der Waals surface area contributed by atoms with E-state index in [1.165, 1.54) is 10.6 Å². The van der Waals surface area contributed by atoms with E-state index in [1.807, 2.05) is 18.7 Å². The molecule has 0 saturated heterocycles. The van der Waals surface area contributed by atoms with Gasteiger partial charge in [-0.1, -0.05) is 0 Å². The zero-order valence-electron chi connectivity index (χ0n) is 7.94. The number of fused-ring (bicyclic) bond motifs is 2. The molecule has 0 N–H and O–H groups in total. The smallest absolute Gasteiger partial charge is 0.127 e. The predicted octanol–water partition coefficient (Wildman–Crippen LogP) is 1.09. The summed E-state index contributed by atoms with van der Waals surface area (Å²) < 4.78 is 1.26. The van der Waals surface area contributed by atoms with Crippen molar-refractivity contribution in [1.29, 1.82) is 0 Å². The van der Waals surface area contributed by atoms with E-state index in [4.69, 9.17) is 0 Å². The highest BCUT2D eigenvalue weighted by Gasteiger charge is 2.28. The summed E-state index contributed by atoms with van der Waals surface area (Å²) in [5.74, 6) is 0. The number of aromatic nitrogens is 1. The first-order valence-corrected chi connectivity index (χ1v) is 6.18. The summed E-state index contributed by atoms with van der Waals surface area (Å²) in [4.78, 5) is 9.00. The van der Waals surface area contributed by atoms with Crippen LogP contribution in [0, 0.1) is 13.0 Å². The van der Waals surface area contributed by atoms with E-state index in [-0.39, 0.29) is 0 Å². The van der Waals surface area contributed by atoms with Crippen molar-refractivity contribution < 1.29 is 0 Å². The molecule has 0 fully saturated rings. The quantitative estimate of drug-likeness (QED) is 0.655. The van der Waals surface area contributed by atoms with Crippen LogP contribution in [-0.2, 0) is 0 Å². The Morgan fingerprint density at radius 2 is 2.21 bits per heavy atom. The lowest BCUT2D eigenvalue weighted by molar-refractivity contribution is 1.10. The number of hydrogen-bond donors (Lipinski definition) is 0. The van der Waals surface area contributed by atoms with Gasteiger partial charge in [0.15, 0.2) is 0 Å². The van der Waals surface area contributed by atoms with E-state index in [1.54, 1.807) is 11.3 Å². The van der Waals surface area contributed by atoms with Crippen LogP contribution < -0.4 is 9.88 Å². The highest BCUT2D eigenvalue weighted by Crippen LogP contribution is 2.34. The van der Waals surface area contributed by atoms with Crippen molar-refractivity contribution in [3.63, 3.8) is 0 Å². The fraction of sp³-hybridized carbons (Fsp3) is 0.300. The second-order valence-corrected chi connectivity index (χ2v) is 5.96. The van der Waals surface area contributed by atoms with Crippen LogP contribution in [-0.4, -0.2) is 15.3 Å². The van der Waals surface area contributed by atoms with Crippen LogP contribution in [0.15, 0.2) is 4.99 Å². The third kappa shape index (κ3) is 1.25. The molecule has 1 aromatic heterocycles. The average Bonchev–Trinajstić information content (AvgIpc) is 2.59. The van der Waals surface area contributed by atoms with Gasteiger partial charge in [0, 0.05) is 0 Å². The van der Waals surface area contributed by atoms with Crippen molar-refractivity contribution in [1.82, 2.24) is 4.98 Å². The molecule has 0 spiro atoms. The number of aliphatic imine (C=N–C) groups is 1. The molecule has 1 aromatic rings.